The third kappa shape index (κ3) is 4.98. The molecule has 0 atom stereocenters. The van der Waals surface area contributed by atoms with Gasteiger partial charge in [-0.05, 0) is 42.0 Å². The molecule has 0 unspecified atom stereocenters. The molecule has 0 aliphatic rings. The van der Waals surface area contributed by atoms with Crippen molar-refractivity contribution in [2.75, 3.05) is 19.5 Å². The van der Waals surface area contributed by atoms with E-state index in [4.69, 9.17) is 9.47 Å². The van der Waals surface area contributed by atoms with Gasteiger partial charge >= 0.3 is 0 Å². The average molecular weight is 363 g/mol. The molecule has 0 saturated heterocycles. The van der Waals surface area contributed by atoms with Crippen molar-refractivity contribution >= 4 is 17.3 Å². The zero-order valence-electron chi connectivity index (χ0n) is 15.2. The highest BCUT2D eigenvalue weighted by atomic mass is 16.5. The second-order valence-electron chi connectivity index (χ2n) is 5.82. The van der Waals surface area contributed by atoms with E-state index in [1.807, 2.05) is 54.6 Å². The molecule has 27 heavy (non-hydrogen) atoms. The first-order valence-electron chi connectivity index (χ1n) is 8.46. The molecule has 0 fully saturated rings. The molecule has 2 aromatic carbocycles. The molecule has 6 heteroatoms. The largest absolute Gasteiger partial charge is 0.497 e. The Morgan fingerprint density at radius 2 is 1.70 bits per heavy atom. The molecule has 0 saturated carbocycles. The molecule has 0 spiro atoms. The molecule has 3 aromatic rings. The Morgan fingerprint density at radius 1 is 0.926 bits per heavy atom. The van der Waals surface area contributed by atoms with Crippen molar-refractivity contribution in [1.82, 2.24) is 10.3 Å². The third-order valence-corrected chi connectivity index (χ3v) is 3.97. The number of nitrogens with one attached hydrogen (secondary N) is 2. The van der Waals surface area contributed by atoms with E-state index in [-0.39, 0.29) is 5.91 Å². The fourth-order valence-electron chi connectivity index (χ4n) is 2.49. The van der Waals surface area contributed by atoms with Crippen molar-refractivity contribution in [2.24, 2.45) is 0 Å². The number of carbonyl (C=O) groups is 1. The first-order chi connectivity index (χ1) is 13.2. The van der Waals surface area contributed by atoms with Crippen LogP contribution in [0.3, 0.4) is 0 Å². The van der Waals surface area contributed by atoms with Crippen LogP contribution in [0.2, 0.25) is 0 Å². The Labute approximate surface area is 158 Å². The van der Waals surface area contributed by atoms with Gasteiger partial charge in [0.1, 0.15) is 17.2 Å². The Balaban J connectivity index is 1.57. The second kappa shape index (κ2) is 8.71. The molecular weight excluding hydrogens is 342 g/mol. The predicted octanol–water partition coefficient (Wildman–Crippen LogP) is 3.77. The van der Waals surface area contributed by atoms with Crippen LogP contribution in [0, 0.1) is 0 Å². The van der Waals surface area contributed by atoms with Gasteiger partial charge in [-0.2, -0.15) is 0 Å². The van der Waals surface area contributed by atoms with Crippen LogP contribution in [-0.2, 0) is 6.54 Å². The van der Waals surface area contributed by atoms with Crippen molar-refractivity contribution in [1.29, 1.82) is 0 Å². The monoisotopic (exact) mass is 363 g/mol. The maximum atomic E-state index is 12.3. The zero-order valence-corrected chi connectivity index (χ0v) is 15.2. The molecule has 3 rings (SSSR count). The smallest absolute Gasteiger partial charge is 0.270 e. The van der Waals surface area contributed by atoms with Crippen molar-refractivity contribution in [2.45, 2.75) is 6.54 Å². The standard InChI is InChI=1S/C21H21N3O3/c1-26-18-9-6-15(7-10-18)13-23-21(25)20-11-8-17(14-22-20)24-16-4-3-5-19(12-16)27-2/h3-12,14,24H,13H2,1-2H3,(H,23,25). The summed E-state index contributed by atoms with van der Waals surface area (Å²) >= 11 is 0. The van der Waals surface area contributed by atoms with E-state index in [9.17, 15) is 4.79 Å². The van der Waals surface area contributed by atoms with Crippen molar-refractivity contribution < 1.29 is 14.3 Å². The van der Waals surface area contributed by atoms with Crippen molar-refractivity contribution in [3.8, 4) is 11.5 Å². The molecule has 6 nitrogen and oxygen atoms in total. The number of hydrogen-bond donors (Lipinski definition) is 2. The summed E-state index contributed by atoms with van der Waals surface area (Å²) in [7, 11) is 3.25. The van der Waals surface area contributed by atoms with E-state index in [0.29, 0.717) is 12.2 Å². The summed E-state index contributed by atoms with van der Waals surface area (Å²) in [4.78, 5) is 16.5. The van der Waals surface area contributed by atoms with Gasteiger partial charge < -0.3 is 20.1 Å². The van der Waals surface area contributed by atoms with E-state index in [2.05, 4.69) is 15.6 Å². The molecule has 0 aliphatic heterocycles. The molecular formula is C21H21N3O3. The number of hydrogen-bond acceptors (Lipinski definition) is 5. The number of nitrogens with zero attached hydrogens (tertiary/aromatic N) is 1. The fraction of sp³-hybridized carbons (Fsp3) is 0.143. The maximum Gasteiger partial charge on any atom is 0.270 e. The Hall–Kier alpha value is -3.54. The van der Waals surface area contributed by atoms with Gasteiger partial charge in [0.2, 0.25) is 0 Å². The summed E-state index contributed by atoms with van der Waals surface area (Å²) in [5.41, 5.74) is 3.02. The topological polar surface area (TPSA) is 72.5 Å². The molecule has 1 heterocycles. The van der Waals surface area contributed by atoms with Crippen LogP contribution in [0.25, 0.3) is 0 Å². The van der Waals surface area contributed by atoms with Gasteiger partial charge in [-0.1, -0.05) is 18.2 Å². The number of pyridine rings is 1. The first kappa shape index (κ1) is 18.3. The summed E-state index contributed by atoms with van der Waals surface area (Å²) in [6.45, 7) is 0.425. The van der Waals surface area contributed by atoms with Crippen LogP contribution >= 0.6 is 0 Å². The lowest BCUT2D eigenvalue weighted by atomic mass is 10.2. The van der Waals surface area contributed by atoms with Gasteiger partial charge in [0, 0.05) is 18.3 Å². The third-order valence-electron chi connectivity index (χ3n) is 3.97. The van der Waals surface area contributed by atoms with E-state index in [0.717, 1.165) is 28.4 Å². The van der Waals surface area contributed by atoms with Crippen molar-refractivity contribution in [3.05, 3.63) is 78.1 Å². The molecule has 1 amide bonds. The quantitative estimate of drug-likeness (QED) is 0.668. The average Bonchev–Trinajstić information content (AvgIpc) is 2.73. The minimum atomic E-state index is -0.223. The number of anilines is 2. The maximum absolute atomic E-state index is 12.3. The van der Waals surface area contributed by atoms with Crippen LogP contribution in [0.5, 0.6) is 11.5 Å². The molecule has 0 aliphatic carbocycles. The van der Waals surface area contributed by atoms with Gasteiger partial charge in [-0.3, -0.25) is 4.79 Å². The molecule has 2 N–H and O–H groups in total. The number of methoxy groups -OCH3 is 2. The number of ether oxygens (including phenoxy) is 2. The van der Waals surface area contributed by atoms with Gasteiger partial charge in [0.15, 0.2) is 0 Å². The highest BCUT2D eigenvalue weighted by Gasteiger charge is 2.07. The molecule has 1 aromatic heterocycles. The van der Waals surface area contributed by atoms with Crippen LogP contribution in [-0.4, -0.2) is 25.1 Å². The molecule has 138 valence electrons. The van der Waals surface area contributed by atoms with Crippen molar-refractivity contribution in [3.63, 3.8) is 0 Å². The highest BCUT2D eigenvalue weighted by molar-refractivity contribution is 5.92. The normalized spacial score (nSPS) is 10.1. The minimum Gasteiger partial charge on any atom is -0.497 e. The van der Waals surface area contributed by atoms with Gasteiger partial charge in [-0.15, -0.1) is 0 Å². The van der Waals surface area contributed by atoms with Crippen LogP contribution in [0.15, 0.2) is 66.9 Å². The lowest BCUT2D eigenvalue weighted by molar-refractivity contribution is 0.0946. The Morgan fingerprint density at radius 3 is 2.37 bits per heavy atom. The lowest BCUT2D eigenvalue weighted by Gasteiger charge is -2.09. The summed E-state index contributed by atoms with van der Waals surface area (Å²) in [6, 6.07) is 18.6. The summed E-state index contributed by atoms with van der Waals surface area (Å²) in [5, 5.41) is 6.09. The number of amides is 1. The summed E-state index contributed by atoms with van der Waals surface area (Å²) < 4.78 is 10.3. The van der Waals surface area contributed by atoms with Crippen LogP contribution in [0.4, 0.5) is 11.4 Å². The zero-order chi connectivity index (χ0) is 19.1. The van der Waals surface area contributed by atoms with E-state index in [1.54, 1.807) is 26.5 Å². The molecule has 0 radical (unpaired) electrons. The van der Waals surface area contributed by atoms with E-state index in [1.165, 1.54) is 0 Å². The van der Waals surface area contributed by atoms with Gasteiger partial charge in [0.25, 0.3) is 5.91 Å². The Bertz CT molecular complexity index is 893. The number of aromatic nitrogens is 1. The van der Waals surface area contributed by atoms with Gasteiger partial charge in [-0.25, -0.2) is 4.98 Å². The van der Waals surface area contributed by atoms with Crippen LogP contribution < -0.4 is 20.1 Å². The number of rotatable bonds is 7. The minimum absolute atomic E-state index is 0.223. The number of carbonyl (C=O) groups excluding carboxylic acids is 1. The molecule has 0 bridgehead atoms. The fourth-order valence-corrected chi connectivity index (χ4v) is 2.49. The lowest BCUT2D eigenvalue weighted by Crippen LogP contribution is -2.23. The SMILES string of the molecule is COc1ccc(CNC(=O)c2ccc(Nc3cccc(OC)c3)cn2)cc1. The second-order valence-corrected chi connectivity index (χ2v) is 5.82. The first-order valence-corrected chi connectivity index (χ1v) is 8.46. The number of benzene rings is 2. The summed E-state index contributed by atoms with van der Waals surface area (Å²) in [6.07, 6.45) is 1.63. The van der Waals surface area contributed by atoms with Crippen LogP contribution in [0.1, 0.15) is 16.1 Å². The van der Waals surface area contributed by atoms with Gasteiger partial charge in [0.05, 0.1) is 26.1 Å². The highest BCUT2D eigenvalue weighted by Crippen LogP contribution is 2.21. The predicted molar refractivity (Wildman–Crippen MR) is 105 cm³/mol. The summed E-state index contributed by atoms with van der Waals surface area (Å²) in [5.74, 6) is 1.33. The van der Waals surface area contributed by atoms with E-state index >= 15 is 0 Å². The Kier molecular flexibility index (Phi) is 5.89. The van der Waals surface area contributed by atoms with E-state index < -0.39 is 0 Å².